The van der Waals surface area contributed by atoms with Crippen molar-refractivity contribution >= 4 is 13.5 Å². The van der Waals surface area contributed by atoms with Gasteiger partial charge in [0.15, 0.2) is 18.9 Å². The average molecular weight is 364 g/mol. The third kappa shape index (κ3) is 4.59. The van der Waals surface area contributed by atoms with Crippen LogP contribution in [-0.4, -0.2) is 57.7 Å². The van der Waals surface area contributed by atoms with Gasteiger partial charge in [-0.05, 0) is 13.8 Å². The van der Waals surface area contributed by atoms with Gasteiger partial charge in [-0.2, -0.15) is 0 Å². The summed E-state index contributed by atoms with van der Waals surface area (Å²) in [5, 5.41) is 13.9. The molecule has 0 aromatic carbocycles. The van der Waals surface area contributed by atoms with Crippen molar-refractivity contribution in [3.63, 3.8) is 0 Å². The van der Waals surface area contributed by atoms with Crippen LogP contribution in [0.4, 0.5) is 0 Å². The summed E-state index contributed by atoms with van der Waals surface area (Å²) >= 11 is 0. The number of ether oxygens (including phenoxy) is 2. The first-order valence-electron chi connectivity index (χ1n) is 7.42. The predicted molar refractivity (Wildman–Crippen MR) is 79.9 cm³/mol. The smallest absolute Gasteiger partial charge is 0.356 e. The van der Waals surface area contributed by atoms with Gasteiger partial charge >= 0.3 is 7.60 Å². The highest BCUT2D eigenvalue weighted by molar-refractivity contribution is 7.53. The molecular weight excluding hydrogens is 343 g/mol. The number of aromatic nitrogens is 3. The minimum Gasteiger partial charge on any atom is -0.388 e. The standard InChI is InChI=1S/C12H21N4O7P/c1-3-21-24(19,22-4-2)7-20-9-5-8(17)12(23-9)16-6-14-11(15-16)10(13)18/h6,8-9,12,17H,3-5,7H2,1-2H3,(H2,13,18)/t8-,9+,12-/m1/s1. The molecule has 2 heterocycles. The maximum atomic E-state index is 12.3. The van der Waals surface area contributed by atoms with Crippen molar-refractivity contribution in [2.75, 3.05) is 19.6 Å². The van der Waals surface area contributed by atoms with Crippen LogP contribution in [0.15, 0.2) is 6.33 Å². The van der Waals surface area contributed by atoms with E-state index in [9.17, 15) is 14.5 Å². The number of carbonyl (C=O) groups is 1. The maximum absolute atomic E-state index is 12.3. The molecule has 1 aliphatic rings. The Balaban J connectivity index is 1.95. The van der Waals surface area contributed by atoms with Crippen molar-refractivity contribution in [1.82, 2.24) is 14.8 Å². The second-order valence-corrected chi connectivity index (χ2v) is 6.91. The Morgan fingerprint density at radius 1 is 1.50 bits per heavy atom. The van der Waals surface area contributed by atoms with Crippen LogP contribution in [0.25, 0.3) is 0 Å². The number of carbonyl (C=O) groups excluding carboxylic acids is 1. The molecule has 0 spiro atoms. The van der Waals surface area contributed by atoms with Crippen molar-refractivity contribution in [1.29, 1.82) is 0 Å². The van der Waals surface area contributed by atoms with Gasteiger partial charge < -0.3 is 29.4 Å². The third-order valence-electron chi connectivity index (χ3n) is 3.11. The zero-order valence-corrected chi connectivity index (χ0v) is 14.3. The van der Waals surface area contributed by atoms with Crippen molar-refractivity contribution in [2.24, 2.45) is 5.73 Å². The largest absolute Gasteiger partial charge is 0.388 e. The topological polar surface area (TPSA) is 148 Å². The first kappa shape index (κ1) is 19.0. The van der Waals surface area contributed by atoms with E-state index in [4.69, 9.17) is 24.3 Å². The summed E-state index contributed by atoms with van der Waals surface area (Å²) in [5.41, 5.74) is 5.08. The summed E-state index contributed by atoms with van der Waals surface area (Å²) in [7, 11) is -3.37. The maximum Gasteiger partial charge on any atom is 0.356 e. The summed E-state index contributed by atoms with van der Waals surface area (Å²) in [6, 6.07) is 0. The van der Waals surface area contributed by atoms with E-state index in [-0.39, 0.29) is 31.8 Å². The summed E-state index contributed by atoms with van der Waals surface area (Å²) in [4.78, 5) is 14.7. The molecule has 1 fully saturated rings. The van der Waals surface area contributed by atoms with E-state index in [2.05, 4.69) is 10.1 Å². The monoisotopic (exact) mass is 364 g/mol. The van der Waals surface area contributed by atoms with Gasteiger partial charge in [0.2, 0.25) is 5.82 Å². The number of rotatable bonds is 9. The van der Waals surface area contributed by atoms with Crippen LogP contribution in [0, 0.1) is 0 Å². The Hall–Kier alpha value is -1.36. The lowest BCUT2D eigenvalue weighted by Crippen LogP contribution is -2.21. The summed E-state index contributed by atoms with van der Waals surface area (Å²) in [5.74, 6) is -0.976. The lowest BCUT2D eigenvalue weighted by atomic mass is 10.3. The van der Waals surface area contributed by atoms with E-state index in [1.807, 2.05) is 0 Å². The third-order valence-corrected chi connectivity index (χ3v) is 4.88. The molecule has 3 atom stereocenters. The molecule has 1 aromatic rings. The normalized spacial score (nSPS) is 24.4. The van der Waals surface area contributed by atoms with Gasteiger partial charge in [0.1, 0.15) is 12.4 Å². The lowest BCUT2D eigenvalue weighted by molar-refractivity contribution is -0.150. The molecule has 24 heavy (non-hydrogen) atoms. The highest BCUT2D eigenvalue weighted by atomic mass is 31.2. The van der Waals surface area contributed by atoms with E-state index in [1.54, 1.807) is 13.8 Å². The summed E-state index contributed by atoms with van der Waals surface area (Å²) in [6.45, 7) is 3.82. The zero-order valence-electron chi connectivity index (χ0n) is 13.4. The van der Waals surface area contributed by atoms with Crippen molar-refractivity contribution < 1.29 is 33.0 Å². The van der Waals surface area contributed by atoms with Gasteiger partial charge in [-0.1, -0.05) is 0 Å². The van der Waals surface area contributed by atoms with Crippen LogP contribution in [0.1, 0.15) is 37.1 Å². The van der Waals surface area contributed by atoms with E-state index < -0.39 is 32.1 Å². The highest BCUT2D eigenvalue weighted by Gasteiger charge is 2.38. The molecule has 0 bridgehead atoms. The number of amides is 1. The van der Waals surface area contributed by atoms with Crippen LogP contribution < -0.4 is 5.73 Å². The summed E-state index contributed by atoms with van der Waals surface area (Å²) in [6.07, 6.45) is -1.63. The Labute approximate surface area is 138 Å². The SMILES string of the molecule is CCOP(=O)(CO[C@@H]1C[C@@H](O)[C@H](n2cnc(C(N)=O)n2)O1)OCC. The number of hydrogen-bond donors (Lipinski definition) is 2. The van der Waals surface area contributed by atoms with Gasteiger partial charge in [-0.15, -0.1) is 5.10 Å². The van der Waals surface area contributed by atoms with Crippen molar-refractivity contribution in [3.8, 4) is 0 Å². The molecule has 12 heteroatoms. The van der Waals surface area contributed by atoms with Crippen molar-refractivity contribution in [3.05, 3.63) is 12.2 Å². The number of hydrogen-bond acceptors (Lipinski definition) is 9. The molecule has 1 amide bonds. The number of nitrogens with two attached hydrogens (primary N) is 1. The predicted octanol–water partition coefficient (Wildman–Crippen LogP) is 0.223. The summed E-state index contributed by atoms with van der Waals surface area (Å²) < 4.78 is 34.6. The second-order valence-electron chi connectivity index (χ2n) is 4.91. The van der Waals surface area contributed by atoms with E-state index in [0.717, 1.165) is 0 Å². The Bertz CT molecular complexity index is 600. The fourth-order valence-corrected chi connectivity index (χ4v) is 3.51. The van der Waals surface area contributed by atoms with Gasteiger partial charge in [0, 0.05) is 6.42 Å². The van der Waals surface area contributed by atoms with Crippen LogP contribution in [0.5, 0.6) is 0 Å². The number of nitrogens with zero attached hydrogens (tertiary/aromatic N) is 3. The van der Waals surface area contributed by atoms with Gasteiger partial charge in [0.25, 0.3) is 5.91 Å². The first-order chi connectivity index (χ1) is 11.4. The molecule has 11 nitrogen and oxygen atoms in total. The quantitative estimate of drug-likeness (QED) is 0.587. The average Bonchev–Trinajstić information content (AvgIpc) is 3.12. The van der Waals surface area contributed by atoms with Crippen molar-refractivity contribution in [2.45, 2.75) is 38.9 Å². The van der Waals surface area contributed by atoms with Crippen LogP contribution in [-0.2, 0) is 23.1 Å². The minimum absolute atomic E-state index is 0.120. The molecule has 0 unspecified atom stereocenters. The van der Waals surface area contributed by atoms with E-state index >= 15 is 0 Å². The molecule has 136 valence electrons. The Morgan fingerprint density at radius 2 is 2.17 bits per heavy atom. The highest BCUT2D eigenvalue weighted by Crippen LogP contribution is 2.48. The molecule has 0 aliphatic carbocycles. The molecule has 1 aliphatic heterocycles. The van der Waals surface area contributed by atoms with Gasteiger partial charge in [-0.3, -0.25) is 9.36 Å². The van der Waals surface area contributed by atoms with Gasteiger partial charge in [-0.25, -0.2) is 9.67 Å². The van der Waals surface area contributed by atoms with Crippen LogP contribution in [0.3, 0.4) is 0 Å². The molecule has 3 N–H and O–H groups in total. The molecule has 2 rings (SSSR count). The molecule has 1 aromatic heterocycles. The Kier molecular flexibility index (Phi) is 6.44. The second kappa shape index (κ2) is 8.15. The lowest BCUT2D eigenvalue weighted by Gasteiger charge is -2.19. The number of aliphatic hydroxyl groups is 1. The zero-order chi connectivity index (χ0) is 17.7. The van der Waals surface area contributed by atoms with E-state index in [0.29, 0.717) is 0 Å². The molecule has 0 saturated carbocycles. The molecule has 1 saturated heterocycles. The fourth-order valence-electron chi connectivity index (χ4n) is 2.15. The number of aliphatic hydroxyl groups excluding tert-OH is 1. The van der Waals surface area contributed by atoms with Gasteiger partial charge in [0.05, 0.1) is 13.2 Å². The minimum atomic E-state index is -3.37. The number of primary amides is 1. The first-order valence-corrected chi connectivity index (χ1v) is 9.15. The van der Waals surface area contributed by atoms with E-state index in [1.165, 1.54) is 11.0 Å². The molecular formula is C12H21N4O7P. The fraction of sp³-hybridized carbons (Fsp3) is 0.750. The van der Waals surface area contributed by atoms with Crippen LogP contribution >= 0.6 is 7.60 Å². The molecule has 0 radical (unpaired) electrons. The Morgan fingerprint density at radius 3 is 2.71 bits per heavy atom. The van der Waals surface area contributed by atoms with Crippen LogP contribution in [0.2, 0.25) is 0 Å².